The number of ether oxygens (including phenoxy) is 2. The molecule has 0 atom stereocenters. The summed E-state index contributed by atoms with van der Waals surface area (Å²) in [4.78, 5) is 20.7. The highest BCUT2D eigenvalue weighted by atomic mass is 16.5. The van der Waals surface area contributed by atoms with Crippen LogP contribution in [0.1, 0.15) is 73.8 Å². The first-order chi connectivity index (χ1) is 19.3. The molecule has 228 valence electrons. The minimum atomic E-state index is -0.0373. The van der Waals surface area contributed by atoms with Crippen molar-refractivity contribution in [1.29, 1.82) is 0 Å². The van der Waals surface area contributed by atoms with Gasteiger partial charge in [-0.15, -0.1) is 4.91 Å². The Morgan fingerprint density at radius 1 is 0.927 bits per heavy atom. The van der Waals surface area contributed by atoms with E-state index in [-0.39, 0.29) is 28.8 Å². The number of allylic oxidation sites excluding steroid dienone is 2. The summed E-state index contributed by atoms with van der Waals surface area (Å²) in [6.45, 7) is 21.0. The fourth-order valence-electron chi connectivity index (χ4n) is 4.25. The zero-order valence-electron chi connectivity index (χ0n) is 26.3. The molecule has 0 fully saturated rings. The number of aliphatic imine (C=N–C) groups is 2. The number of phenols is 1. The average molecular weight is 570 g/mol. The molecular formula is C32H51N5O4. The standard InChI is InChI=1S/C32H51N5O4/c1-23(2)40-27-13-9-11-25(29(27)37-39)17-35-21-31(5,6)19-33-15-16-34-20-32(7,8)22-36-18-26-12-10-14-28(30(26)38)41-24(3)4/h10,12-14,17-18,23-24,33-34,38H,9,11,15-16,19-22H2,1-8H3. The number of hydrogen-bond donors (Lipinski definition) is 3. The Balaban J connectivity index is 1.72. The lowest BCUT2D eigenvalue weighted by molar-refractivity contribution is 0.151. The van der Waals surface area contributed by atoms with E-state index in [1.54, 1.807) is 18.5 Å². The number of rotatable bonds is 18. The number of hydrogen-bond acceptors (Lipinski definition) is 9. The lowest BCUT2D eigenvalue weighted by Gasteiger charge is -2.25. The number of phenolic OH excluding ortho intramolecular Hbond substituents is 1. The number of benzene rings is 1. The van der Waals surface area contributed by atoms with Gasteiger partial charge >= 0.3 is 0 Å². The molecule has 1 aliphatic rings. The quantitative estimate of drug-likeness (QED) is 0.113. The van der Waals surface area contributed by atoms with Crippen LogP contribution in [0.2, 0.25) is 0 Å². The van der Waals surface area contributed by atoms with Crippen molar-refractivity contribution in [2.45, 2.75) is 80.4 Å². The molecule has 1 aliphatic carbocycles. The second kappa shape index (κ2) is 16.4. The van der Waals surface area contributed by atoms with Crippen LogP contribution in [-0.2, 0) is 4.74 Å². The van der Waals surface area contributed by atoms with Crippen molar-refractivity contribution in [3.05, 3.63) is 51.8 Å². The van der Waals surface area contributed by atoms with Gasteiger partial charge in [0.2, 0.25) is 0 Å². The Bertz CT molecular complexity index is 1100. The van der Waals surface area contributed by atoms with Crippen LogP contribution in [0.15, 0.2) is 56.5 Å². The number of para-hydroxylation sites is 1. The van der Waals surface area contributed by atoms with Gasteiger partial charge in [0.25, 0.3) is 0 Å². The molecule has 2 rings (SSSR count). The van der Waals surface area contributed by atoms with Gasteiger partial charge in [0, 0.05) is 62.8 Å². The Morgan fingerprint density at radius 2 is 1.51 bits per heavy atom. The van der Waals surface area contributed by atoms with Gasteiger partial charge in [-0.1, -0.05) is 33.8 Å². The Kier molecular flexibility index (Phi) is 13.7. The summed E-state index contributed by atoms with van der Waals surface area (Å²) in [6, 6.07) is 5.45. The molecule has 0 aromatic heterocycles. The zero-order valence-corrected chi connectivity index (χ0v) is 26.3. The third kappa shape index (κ3) is 12.6. The van der Waals surface area contributed by atoms with E-state index in [1.807, 2.05) is 45.9 Å². The van der Waals surface area contributed by atoms with E-state index in [9.17, 15) is 10.0 Å². The van der Waals surface area contributed by atoms with Crippen molar-refractivity contribution < 1.29 is 14.6 Å². The molecule has 0 saturated carbocycles. The lowest BCUT2D eigenvalue weighted by atomic mass is 9.93. The van der Waals surface area contributed by atoms with Crippen LogP contribution in [0.25, 0.3) is 0 Å². The van der Waals surface area contributed by atoms with E-state index in [0.29, 0.717) is 35.9 Å². The SMILES string of the molecule is CC(C)OC1=CCCC(C=NCC(C)(C)CNCCNCC(C)(C)CN=Cc2cccc(OC(C)C)c2O)=C1N=O. The number of nitroso groups, excluding NO2 is 1. The van der Waals surface area contributed by atoms with Crippen LogP contribution in [0.4, 0.5) is 0 Å². The van der Waals surface area contributed by atoms with Crippen molar-refractivity contribution in [1.82, 2.24) is 10.6 Å². The summed E-state index contributed by atoms with van der Waals surface area (Å²) >= 11 is 0. The highest BCUT2D eigenvalue weighted by Crippen LogP contribution is 2.30. The normalized spacial score (nSPS) is 14.9. The topological polar surface area (TPSA) is 117 Å². The molecule has 0 radical (unpaired) electrons. The van der Waals surface area contributed by atoms with Gasteiger partial charge in [-0.3, -0.25) is 9.98 Å². The van der Waals surface area contributed by atoms with Gasteiger partial charge in [-0.25, -0.2) is 0 Å². The fourth-order valence-corrected chi connectivity index (χ4v) is 4.25. The predicted octanol–water partition coefficient (Wildman–Crippen LogP) is 6.02. The maximum atomic E-state index is 11.4. The molecule has 41 heavy (non-hydrogen) atoms. The minimum Gasteiger partial charge on any atom is -0.504 e. The second-order valence-electron chi connectivity index (χ2n) is 12.7. The van der Waals surface area contributed by atoms with E-state index in [1.165, 1.54) is 0 Å². The van der Waals surface area contributed by atoms with E-state index < -0.39 is 0 Å². The molecule has 0 spiro atoms. The van der Waals surface area contributed by atoms with E-state index >= 15 is 0 Å². The van der Waals surface area contributed by atoms with Crippen molar-refractivity contribution in [3.63, 3.8) is 0 Å². The van der Waals surface area contributed by atoms with Crippen molar-refractivity contribution in [2.24, 2.45) is 26.0 Å². The van der Waals surface area contributed by atoms with E-state index in [2.05, 4.69) is 53.5 Å². The van der Waals surface area contributed by atoms with Crippen LogP contribution in [-0.4, -0.2) is 69.0 Å². The van der Waals surface area contributed by atoms with E-state index in [4.69, 9.17) is 9.47 Å². The van der Waals surface area contributed by atoms with E-state index in [0.717, 1.165) is 44.6 Å². The first kappa shape index (κ1) is 34.2. The van der Waals surface area contributed by atoms with Gasteiger partial charge in [-0.05, 0) is 74.8 Å². The maximum absolute atomic E-state index is 11.4. The molecule has 0 aliphatic heterocycles. The molecule has 0 bridgehead atoms. The summed E-state index contributed by atoms with van der Waals surface area (Å²) in [5.41, 5.74) is 1.78. The highest BCUT2D eigenvalue weighted by Gasteiger charge is 2.20. The van der Waals surface area contributed by atoms with Crippen molar-refractivity contribution in [2.75, 3.05) is 39.3 Å². The van der Waals surface area contributed by atoms with Crippen LogP contribution >= 0.6 is 0 Å². The molecule has 1 aromatic carbocycles. The average Bonchev–Trinajstić information content (AvgIpc) is 2.87. The lowest BCUT2D eigenvalue weighted by Crippen LogP contribution is -2.39. The largest absolute Gasteiger partial charge is 0.504 e. The summed E-state index contributed by atoms with van der Waals surface area (Å²) in [6.07, 6.45) is 6.97. The third-order valence-corrected chi connectivity index (χ3v) is 6.33. The summed E-state index contributed by atoms with van der Waals surface area (Å²) in [5.74, 6) is 1.16. The molecule has 0 amide bonds. The Labute approximate surface area is 246 Å². The molecule has 0 unspecified atom stereocenters. The van der Waals surface area contributed by atoms with Crippen molar-refractivity contribution >= 4 is 12.4 Å². The van der Waals surface area contributed by atoms with Gasteiger partial charge in [0.05, 0.1) is 12.2 Å². The predicted molar refractivity (Wildman–Crippen MR) is 169 cm³/mol. The highest BCUT2D eigenvalue weighted by molar-refractivity contribution is 5.84. The van der Waals surface area contributed by atoms with Crippen LogP contribution < -0.4 is 15.4 Å². The molecule has 9 nitrogen and oxygen atoms in total. The summed E-state index contributed by atoms with van der Waals surface area (Å²) in [7, 11) is 0. The third-order valence-electron chi connectivity index (χ3n) is 6.33. The number of nitrogens with one attached hydrogen (secondary N) is 2. The molecule has 3 N–H and O–H groups in total. The Morgan fingerprint density at radius 3 is 2.07 bits per heavy atom. The first-order valence-corrected chi connectivity index (χ1v) is 14.7. The zero-order chi connectivity index (χ0) is 30.5. The van der Waals surface area contributed by atoms with Gasteiger partial charge in [-0.2, -0.15) is 0 Å². The van der Waals surface area contributed by atoms with Gasteiger partial charge in [0.1, 0.15) is 5.76 Å². The first-order valence-electron chi connectivity index (χ1n) is 14.7. The van der Waals surface area contributed by atoms with Crippen molar-refractivity contribution in [3.8, 4) is 11.5 Å². The second-order valence-corrected chi connectivity index (χ2v) is 12.7. The molecule has 0 saturated heterocycles. The molecule has 9 heteroatoms. The summed E-state index contributed by atoms with van der Waals surface area (Å²) < 4.78 is 11.4. The number of nitrogens with zero attached hydrogens (tertiary/aromatic N) is 3. The fraction of sp³-hybridized carbons (Fsp3) is 0.625. The smallest absolute Gasteiger partial charge is 0.166 e. The molecule has 1 aromatic rings. The molecule has 0 heterocycles. The number of aromatic hydroxyl groups is 1. The minimum absolute atomic E-state index is 0.0105. The Hall–Kier alpha value is -3.04. The summed E-state index contributed by atoms with van der Waals surface area (Å²) in [5, 5.41) is 20.7. The van der Waals surface area contributed by atoms with Gasteiger partial charge < -0.3 is 25.2 Å². The van der Waals surface area contributed by atoms with Crippen LogP contribution in [0.3, 0.4) is 0 Å². The van der Waals surface area contributed by atoms with Crippen LogP contribution in [0, 0.1) is 15.7 Å². The monoisotopic (exact) mass is 569 g/mol. The van der Waals surface area contributed by atoms with Crippen LogP contribution in [0.5, 0.6) is 11.5 Å². The maximum Gasteiger partial charge on any atom is 0.166 e. The van der Waals surface area contributed by atoms with Gasteiger partial charge in [0.15, 0.2) is 17.2 Å². The molecular weight excluding hydrogens is 518 g/mol.